The van der Waals surface area contributed by atoms with E-state index in [0.29, 0.717) is 24.3 Å². The number of ether oxygens (including phenoxy) is 2. The molecule has 1 N–H and O–H groups in total. The van der Waals surface area contributed by atoms with Crippen LogP contribution in [0.15, 0.2) is 27.4 Å². The van der Waals surface area contributed by atoms with E-state index in [-0.39, 0.29) is 41.0 Å². The van der Waals surface area contributed by atoms with E-state index in [2.05, 4.69) is 9.97 Å². The van der Waals surface area contributed by atoms with Crippen LogP contribution in [0, 0.1) is 0 Å². The van der Waals surface area contributed by atoms with Crippen LogP contribution in [0.2, 0.25) is 0 Å². The van der Waals surface area contributed by atoms with Crippen LogP contribution in [0.25, 0.3) is 22.4 Å². The van der Waals surface area contributed by atoms with Crippen LogP contribution in [-0.4, -0.2) is 69.1 Å². The second-order valence-corrected chi connectivity index (χ2v) is 10.6. The number of piperazine rings is 1. The molecular formula is C23H26F2N4O5S. The first-order valence-corrected chi connectivity index (χ1v) is 12.2. The third kappa shape index (κ3) is 4.40. The van der Waals surface area contributed by atoms with Crippen molar-refractivity contribution < 1.29 is 32.6 Å². The number of hydrogen-bond acceptors (Lipinski definition) is 9. The molecule has 2 aromatic heterocycles. The number of piperidine rings is 1. The Hall–Kier alpha value is -2.99. The Labute approximate surface area is 204 Å². The van der Waals surface area contributed by atoms with Gasteiger partial charge in [0.05, 0.1) is 23.3 Å². The highest BCUT2D eigenvalue weighted by molar-refractivity contribution is 7.07. The number of halogens is 2. The first-order valence-electron chi connectivity index (χ1n) is 11.3. The van der Waals surface area contributed by atoms with Gasteiger partial charge in [-0.15, -0.1) is 11.3 Å². The van der Waals surface area contributed by atoms with Crippen LogP contribution in [0.1, 0.15) is 34.1 Å². The van der Waals surface area contributed by atoms with Gasteiger partial charge in [0, 0.05) is 24.0 Å². The lowest BCUT2D eigenvalue weighted by atomic mass is 9.88. The van der Waals surface area contributed by atoms with Crippen molar-refractivity contribution in [2.45, 2.75) is 64.0 Å². The SMILES string of the molecule is CC(O)C(F)(F)Oc1ccc(-c2cscn2)c2oc(N3CC4CC(C3)N4C(=O)OC(C)(C)C)nc12. The Kier molecular flexibility index (Phi) is 5.63. The van der Waals surface area contributed by atoms with Gasteiger partial charge in [-0.2, -0.15) is 13.8 Å². The van der Waals surface area contributed by atoms with Gasteiger partial charge in [-0.05, 0) is 46.2 Å². The van der Waals surface area contributed by atoms with E-state index in [1.165, 1.54) is 17.4 Å². The molecule has 1 aromatic carbocycles. The predicted molar refractivity (Wildman–Crippen MR) is 125 cm³/mol. The molecule has 5 heterocycles. The number of benzene rings is 1. The average molecular weight is 509 g/mol. The lowest BCUT2D eigenvalue weighted by molar-refractivity contribution is -0.233. The smallest absolute Gasteiger partial charge is 0.424 e. The zero-order valence-electron chi connectivity index (χ0n) is 19.7. The molecular weight excluding hydrogens is 482 g/mol. The van der Waals surface area contributed by atoms with Gasteiger partial charge in [0.15, 0.2) is 23.0 Å². The Bertz CT molecular complexity index is 1230. The highest BCUT2D eigenvalue weighted by Gasteiger charge is 2.50. The van der Waals surface area contributed by atoms with E-state index in [0.717, 1.165) is 13.3 Å². The summed E-state index contributed by atoms with van der Waals surface area (Å²) in [5.41, 5.74) is 2.65. The summed E-state index contributed by atoms with van der Waals surface area (Å²) in [6, 6.07) is 3.07. The molecule has 3 aromatic rings. The molecule has 0 aliphatic carbocycles. The first kappa shape index (κ1) is 23.7. The molecule has 3 unspecified atom stereocenters. The van der Waals surface area contributed by atoms with Crippen molar-refractivity contribution in [2.24, 2.45) is 0 Å². The normalized spacial score (nSPS) is 21.1. The van der Waals surface area contributed by atoms with Crippen LogP contribution in [0.3, 0.4) is 0 Å². The van der Waals surface area contributed by atoms with E-state index >= 15 is 0 Å². The van der Waals surface area contributed by atoms with Crippen molar-refractivity contribution in [3.05, 3.63) is 23.0 Å². The number of alkyl halides is 2. The fourth-order valence-corrected chi connectivity index (χ4v) is 4.90. The number of carbonyl (C=O) groups is 1. The number of fused-ring (bicyclic) bond motifs is 3. The van der Waals surface area contributed by atoms with Crippen molar-refractivity contribution in [1.82, 2.24) is 14.9 Å². The van der Waals surface area contributed by atoms with E-state index in [1.807, 2.05) is 31.1 Å². The lowest BCUT2D eigenvalue weighted by Crippen LogP contribution is -2.70. The minimum atomic E-state index is -3.81. The standard InChI is InChI=1S/C23H26F2N4O5S/c1-12(30)23(24,25)33-17-6-5-15(16-10-35-11-26-16)19-18(17)27-20(32-19)28-8-13-7-14(9-28)29(13)21(31)34-22(2,3)4/h5-6,10-14,30H,7-9H2,1-4H3. The number of oxazole rings is 1. The Morgan fingerprint density at radius 3 is 2.60 bits per heavy atom. The summed E-state index contributed by atoms with van der Waals surface area (Å²) < 4.78 is 44.8. The van der Waals surface area contributed by atoms with E-state index in [1.54, 1.807) is 16.5 Å². The molecule has 6 rings (SSSR count). The Morgan fingerprint density at radius 2 is 2.00 bits per heavy atom. The topological polar surface area (TPSA) is 101 Å². The number of carbonyl (C=O) groups excluding carboxylic acids is 1. The van der Waals surface area contributed by atoms with E-state index < -0.39 is 17.8 Å². The fraction of sp³-hybridized carbons (Fsp3) is 0.522. The van der Waals surface area contributed by atoms with E-state index in [9.17, 15) is 18.7 Å². The third-order valence-corrected chi connectivity index (χ3v) is 6.59. The van der Waals surface area contributed by atoms with E-state index in [4.69, 9.17) is 13.9 Å². The molecule has 3 atom stereocenters. The van der Waals surface area contributed by atoms with Crippen molar-refractivity contribution in [3.8, 4) is 17.0 Å². The summed E-state index contributed by atoms with van der Waals surface area (Å²) >= 11 is 1.39. The van der Waals surface area contributed by atoms with Gasteiger partial charge in [-0.25, -0.2) is 9.78 Å². The van der Waals surface area contributed by atoms with Gasteiger partial charge in [0.2, 0.25) is 0 Å². The quantitative estimate of drug-likeness (QED) is 0.538. The lowest BCUT2D eigenvalue weighted by Gasteiger charge is -2.55. The van der Waals surface area contributed by atoms with Gasteiger partial charge < -0.3 is 23.9 Å². The number of amides is 1. The second kappa shape index (κ2) is 8.30. The maximum absolute atomic E-state index is 14.2. The summed E-state index contributed by atoms with van der Waals surface area (Å²) in [6.45, 7) is 7.36. The van der Waals surface area contributed by atoms with Crippen LogP contribution >= 0.6 is 11.3 Å². The number of rotatable bonds is 5. The van der Waals surface area contributed by atoms with Gasteiger partial charge in [-0.1, -0.05) is 0 Å². The Morgan fingerprint density at radius 1 is 1.29 bits per heavy atom. The molecule has 35 heavy (non-hydrogen) atoms. The summed E-state index contributed by atoms with van der Waals surface area (Å²) in [5, 5.41) is 11.2. The number of hydrogen-bond donors (Lipinski definition) is 1. The zero-order valence-corrected chi connectivity index (χ0v) is 20.5. The molecule has 0 radical (unpaired) electrons. The molecule has 3 fully saturated rings. The van der Waals surface area contributed by atoms with Crippen molar-refractivity contribution in [3.63, 3.8) is 0 Å². The summed E-state index contributed by atoms with van der Waals surface area (Å²) in [6.07, 6.45) is -5.34. The van der Waals surface area contributed by atoms with Gasteiger partial charge in [-0.3, -0.25) is 4.90 Å². The van der Waals surface area contributed by atoms with Crippen molar-refractivity contribution in [2.75, 3.05) is 18.0 Å². The number of aromatic nitrogens is 2. The van der Waals surface area contributed by atoms with Crippen molar-refractivity contribution in [1.29, 1.82) is 0 Å². The average Bonchev–Trinajstić information content (AvgIpc) is 3.43. The van der Waals surface area contributed by atoms with Crippen molar-refractivity contribution >= 4 is 34.5 Å². The molecule has 0 saturated carbocycles. The summed E-state index contributed by atoms with van der Waals surface area (Å²) in [5.74, 6) is -0.211. The summed E-state index contributed by atoms with van der Waals surface area (Å²) in [4.78, 5) is 25.0. The monoisotopic (exact) mass is 508 g/mol. The van der Waals surface area contributed by atoms with Crippen LogP contribution in [-0.2, 0) is 4.74 Å². The molecule has 9 nitrogen and oxygen atoms in total. The predicted octanol–water partition coefficient (Wildman–Crippen LogP) is 4.50. The number of thiazole rings is 1. The molecule has 188 valence electrons. The molecule has 3 saturated heterocycles. The highest BCUT2D eigenvalue weighted by atomic mass is 32.1. The number of aliphatic hydroxyl groups excluding tert-OH is 1. The third-order valence-electron chi connectivity index (χ3n) is 6.00. The zero-order chi connectivity index (χ0) is 25.1. The fourth-order valence-electron chi connectivity index (χ4n) is 4.35. The number of aliphatic hydroxyl groups is 1. The molecule has 0 spiro atoms. The minimum Gasteiger partial charge on any atom is -0.444 e. The molecule has 12 heteroatoms. The highest BCUT2D eigenvalue weighted by Crippen LogP contribution is 2.41. The van der Waals surface area contributed by atoms with Gasteiger partial charge in [0.1, 0.15) is 5.60 Å². The second-order valence-electron chi connectivity index (χ2n) is 9.83. The molecule has 1 amide bonds. The van der Waals surface area contributed by atoms with Crippen LogP contribution < -0.4 is 9.64 Å². The van der Waals surface area contributed by atoms with Gasteiger partial charge in [0.25, 0.3) is 6.01 Å². The summed E-state index contributed by atoms with van der Waals surface area (Å²) in [7, 11) is 0. The largest absolute Gasteiger partial charge is 0.444 e. The molecule has 2 bridgehead atoms. The number of nitrogens with zero attached hydrogens (tertiary/aromatic N) is 4. The van der Waals surface area contributed by atoms with Gasteiger partial charge >= 0.3 is 12.2 Å². The first-order chi connectivity index (χ1) is 16.4. The minimum absolute atomic E-state index is 0.0630. The molecule has 3 aliphatic rings. The Balaban J connectivity index is 1.45. The maximum Gasteiger partial charge on any atom is 0.424 e. The number of anilines is 1. The van der Waals surface area contributed by atoms with Crippen LogP contribution in [0.4, 0.5) is 19.6 Å². The maximum atomic E-state index is 14.2. The van der Waals surface area contributed by atoms with Crippen LogP contribution in [0.5, 0.6) is 5.75 Å². The molecule has 3 aliphatic heterocycles.